The van der Waals surface area contributed by atoms with Gasteiger partial charge in [-0.05, 0) is 0 Å². The van der Waals surface area contributed by atoms with Crippen LogP contribution in [0.15, 0.2) is 91.0 Å². The van der Waals surface area contributed by atoms with Crippen molar-refractivity contribution in [2.75, 3.05) is 0 Å². The fraction of sp³-hybridized carbons (Fsp3) is 0.0455. The fourth-order valence-corrected chi connectivity index (χ4v) is 4.76. The van der Waals surface area contributed by atoms with Crippen molar-refractivity contribution < 1.29 is 14.4 Å². The van der Waals surface area contributed by atoms with Crippen molar-refractivity contribution in [3.05, 3.63) is 108 Å². The van der Waals surface area contributed by atoms with E-state index in [1.807, 2.05) is 0 Å². The van der Waals surface area contributed by atoms with Crippen LogP contribution in [0.5, 0.6) is 0 Å². The molecule has 0 heterocycles. The first-order chi connectivity index (χ1) is 12.5. The van der Waals surface area contributed by atoms with E-state index in [-0.39, 0.29) is 0 Å². The van der Waals surface area contributed by atoms with Crippen LogP contribution in [-0.4, -0.2) is 33.9 Å². The SMILES string of the molecule is O=C(c1ccccc1)[C]([GeH3])(C(=O)c1ccccc1)C(=O)c1ccccc1. The number of ketones is 3. The molecule has 3 rings (SSSR count). The van der Waals surface area contributed by atoms with Gasteiger partial charge in [0, 0.05) is 0 Å². The third-order valence-corrected chi connectivity index (χ3v) is 7.33. The maximum absolute atomic E-state index is 13.3. The van der Waals surface area contributed by atoms with Gasteiger partial charge in [-0.15, -0.1) is 0 Å². The molecular formula is C22H18GeO3. The minimum absolute atomic E-state index is 0.384. The summed E-state index contributed by atoms with van der Waals surface area (Å²) in [5, 5.41) is 0. The summed E-state index contributed by atoms with van der Waals surface area (Å²) in [6.45, 7) is 0. The number of Topliss-reactive ketones (excluding diaryl/α,β-unsaturated/α-hetero) is 3. The Morgan fingerprint density at radius 3 is 0.962 bits per heavy atom. The Morgan fingerprint density at radius 1 is 0.500 bits per heavy atom. The number of hydrogen-bond donors (Lipinski definition) is 0. The van der Waals surface area contributed by atoms with Crippen LogP contribution in [0, 0.1) is 0 Å². The van der Waals surface area contributed by atoms with E-state index >= 15 is 0 Å². The van der Waals surface area contributed by atoms with Gasteiger partial charge in [0.25, 0.3) is 0 Å². The Morgan fingerprint density at radius 2 is 0.731 bits per heavy atom. The molecule has 3 aromatic rings. The van der Waals surface area contributed by atoms with Crippen LogP contribution < -0.4 is 0 Å². The van der Waals surface area contributed by atoms with Crippen molar-refractivity contribution in [3.8, 4) is 0 Å². The Balaban J connectivity index is 2.14. The van der Waals surface area contributed by atoms with Crippen molar-refractivity contribution in [2.24, 2.45) is 0 Å². The molecule has 0 aliphatic carbocycles. The quantitative estimate of drug-likeness (QED) is 0.361. The molecule has 3 aromatic carbocycles. The van der Waals surface area contributed by atoms with E-state index in [9.17, 15) is 14.4 Å². The standard InChI is InChI=1S/C22H18GeO3/c23-22(19(24)16-10-4-1-5-11-16,20(25)17-12-6-2-7-13-17)21(26)18-14-8-3-9-15-18/h1-15H,23H3. The van der Waals surface area contributed by atoms with Crippen LogP contribution in [0.25, 0.3) is 0 Å². The third-order valence-electron chi connectivity index (χ3n) is 4.47. The van der Waals surface area contributed by atoms with Gasteiger partial charge in [-0.25, -0.2) is 0 Å². The Hall–Kier alpha value is -2.79. The topological polar surface area (TPSA) is 51.2 Å². The van der Waals surface area contributed by atoms with E-state index < -0.39 is 38.1 Å². The zero-order valence-electron chi connectivity index (χ0n) is 14.4. The summed E-state index contributed by atoms with van der Waals surface area (Å²) in [4.78, 5) is 39.9. The number of rotatable bonds is 6. The molecule has 0 aromatic heterocycles. The van der Waals surface area contributed by atoms with Crippen LogP contribution >= 0.6 is 0 Å². The van der Waals surface area contributed by atoms with Crippen molar-refractivity contribution >= 4 is 33.9 Å². The molecule has 0 amide bonds. The second kappa shape index (κ2) is 7.62. The normalized spacial score (nSPS) is 11.1. The average Bonchev–Trinajstić information content (AvgIpc) is 2.73. The summed E-state index contributed by atoms with van der Waals surface area (Å²) in [6, 6.07) is 25.7. The second-order valence-corrected chi connectivity index (χ2v) is 9.36. The van der Waals surface area contributed by atoms with E-state index in [1.54, 1.807) is 91.0 Å². The van der Waals surface area contributed by atoms with E-state index in [1.165, 1.54) is 0 Å². The molecular weight excluding hydrogens is 385 g/mol. The molecule has 0 aliphatic rings. The van der Waals surface area contributed by atoms with Crippen molar-refractivity contribution in [1.82, 2.24) is 0 Å². The third kappa shape index (κ3) is 3.30. The van der Waals surface area contributed by atoms with E-state index in [4.69, 9.17) is 0 Å². The molecule has 4 heteroatoms. The Labute approximate surface area is 160 Å². The number of hydrogen-bond acceptors (Lipinski definition) is 3. The average molecular weight is 403 g/mol. The monoisotopic (exact) mass is 404 g/mol. The molecule has 3 nitrogen and oxygen atoms in total. The molecule has 0 saturated carbocycles. The molecule has 0 bridgehead atoms. The minimum atomic E-state index is -1.64. The number of carbonyl (C=O) groups excluding carboxylic acids is 3. The molecule has 0 unspecified atom stereocenters. The van der Waals surface area contributed by atoms with Crippen LogP contribution in [0.2, 0.25) is 4.25 Å². The molecule has 26 heavy (non-hydrogen) atoms. The molecule has 0 atom stereocenters. The summed E-state index contributed by atoms with van der Waals surface area (Å²) >= 11 is -0.396. The summed E-state index contributed by atoms with van der Waals surface area (Å²) in [5.74, 6) is -1.25. The number of carbonyl (C=O) groups is 3. The first-order valence-electron chi connectivity index (χ1n) is 8.34. The summed E-state index contributed by atoms with van der Waals surface area (Å²) in [5.41, 5.74) is 1.15. The first kappa shape index (κ1) is 18.0. The van der Waals surface area contributed by atoms with Crippen LogP contribution in [0.4, 0.5) is 0 Å². The summed E-state index contributed by atoms with van der Waals surface area (Å²) in [6.07, 6.45) is 0. The van der Waals surface area contributed by atoms with Gasteiger partial charge in [0.15, 0.2) is 0 Å². The fourth-order valence-electron chi connectivity index (χ4n) is 2.94. The van der Waals surface area contributed by atoms with Crippen molar-refractivity contribution in [3.63, 3.8) is 0 Å². The second-order valence-electron chi connectivity index (χ2n) is 6.21. The Bertz CT molecular complexity index is 810. The summed E-state index contributed by atoms with van der Waals surface area (Å²) in [7, 11) is 0. The van der Waals surface area contributed by atoms with Crippen molar-refractivity contribution in [2.45, 2.75) is 4.25 Å². The van der Waals surface area contributed by atoms with Gasteiger partial charge >= 0.3 is 160 Å². The van der Waals surface area contributed by atoms with E-state index in [2.05, 4.69) is 0 Å². The van der Waals surface area contributed by atoms with Gasteiger partial charge in [-0.3, -0.25) is 0 Å². The molecule has 0 N–H and O–H groups in total. The predicted octanol–water partition coefficient (Wildman–Crippen LogP) is 3.16. The predicted molar refractivity (Wildman–Crippen MR) is 105 cm³/mol. The number of benzene rings is 3. The molecule has 128 valence electrons. The van der Waals surface area contributed by atoms with Crippen LogP contribution in [0.3, 0.4) is 0 Å². The molecule has 0 saturated heterocycles. The zero-order valence-corrected chi connectivity index (χ0v) is 18.6. The molecule has 0 spiro atoms. The first-order valence-corrected chi connectivity index (χ1v) is 10.4. The van der Waals surface area contributed by atoms with Gasteiger partial charge in [0.1, 0.15) is 0 Å². The molecule has 0 aliphatic heterocycles. The van der Waals surface area contributed by atoms with Crippen LogP contribution in [-0.2, 0) is 0 Å². The van der Waals surface area contributed by atoms with Crippen molar-refractivity contribution in [1.29, 1.82) is 0 Å². The van der Waals surface area contributed by atoms with E-state index in [0.29, 0.717) is 16.7 Å². The van der Waals surface area contributed by atoms with Gasteiger partial charge < -0.3 is 0 Å². The molecule has 0 radical (unpaired) electrons. The maximum atomic E-state index is 13.3. The summed E-state index contributed by atoms with van der Waals surface area (Å²) < 4.78 is -1.64. The van der Waals surface area contributed by atoms with E-state index in [0.717, 1.165) is 0 Å². The Kier molecular flexibility index (Phi) is 5.28. The zero-order chi connectivity index (χ0) is 18.6. The van der Waals surface area contributed by atoms with Gasteiger partial charge in [0.05, 0.1) is 0 Å². The van der Waals surface area contributed by atoms with Crippen LogP contribution in [0.1, 0.15) is 31.1 Å². The van der Waals surface area contributed by atoms with Gasteiger partial charge in [-0.2, -0.15) is 0 Å². The van der Waals surface area contributed by atoms with Gasteiger partial charge in [0.2, 0.25) is 0 Å². The molecule has 0 fully saturated rings. The van der Waals surface area contributed by atoms with Gasteiger partial charge in [-0.1, -0.05) is 0 Å².